The Morgan fingerprint density at radius 1 is 0.678 bits per heavy atom. The molecule has 2 aliphatic heterocycles. The number of hydrogen-bond donors (Lipinski definition) is 10. The Labute approximate surface area is 499 Å². The zero-order valence-electron chi connectivity index (χ0n) is 48.3. The largest absolute Gasteiger partial charge is 0.493 e. The molecule has 87 heavy (non-hydrogen) atoms. The number of aliphatic carboxylic acids is 2. The number of methoxy groups -OCH3 is 4. The number of aromatic nitrogens is 1. The van der Waals surface area contributed by atoms with Gasteiger partial charge in [-0.15, -0.1) is 0 Å². The van der Waals surface area contributed by atoms with E-state index >= 15 is 0 Å². The highest BCUT2D eigenvalue weighted by Crippen LogP contribution is 2.39. The van der Waals surface area contributed by atoms with Gasteiger partial charge in [0.25, 0.3) is 11.8 Å². The maximum Gasteiger partial charge on any atom is 0.335 e. The predicted octanol–water partition coefficient (Wildman–Crippen LogP) is 4.35. The smallest absolute Gasteiger partial charge is 0.335 e. The predicted molar refractivity (Wildman–Crippen MR) is 315 cm³/mol. The van der Waals surface area contributed by atoms with Gasteiger partial charge in [-0.1, -0.05) is 30.3 Å². The van der Waals surface area contributed by atoms with Crippen molar-refractivity contribution in [2.75, 3.05) is 64.0 Å². The van der Waals surface area contributed by atoms with Gasteiger partial charge >= 0.3 is 11.9 Å². The molecule has 25 nitrogen and oxygen atoms in total. The molecule has 8 rings (SSSR count). The summed E-state index contributed by atoms with van der Waals surface area (Å²) in [6.45, 7) is 1.82. The molecule has 3 heterocycles. The maximum absolute atomic E-state index is 14.1. The number of carbonyl (C=O) groups is 7. The third kappa shape index (κ3) is 15.8. The first-order valence-corrected chi connectivity index (χ1v) is 27.9. The number of carbonyl (C=O) groups excluding carboxylic acids is 5. The van der Waals surface area contributed by atoms with E-state index in [0.29, 0.717) is 71.8 Å². The summed E-state index contributed by atoms with van der Waals surface area (Å²) in [5.74, 6) is -4.04. The molecule has 2 unspecified atom stereocenters. The molecule has 0 aliphatic carbocycles. The molecule has 460 valence electrons. The number of para-hydroxylation sites is 1. The number of nitrogens with one attached hydrogen (secondary N) is 4. The minimum atomic E-state index is -2.00. The van der Waals surface area contributed by atoms with Gasteiger partial charge in [0.05, 0.1) is 82.0 Å². The molecule has 25 heteroatoms. The number of ketones is 1. The molecule has 1 aromatic heterocycles. The second kappa shape index (κ2) is 28.8. The summed E-state index contributed by atoms with van der Waals surface area (Å²) >= 11 is 0. The molecule has 0 radical (unpaired) electrons. The van der Waals surface area contributed by atoms with Crippen LogP contribution in [0.25, 0.3) is 10.9 Å². The van der Waals surface area contributed by atoms with Crippen LogP contribution in [0.3, 0.4) is 0 Å². The standard InChI is InChI=1S/C62H69N7O18/c1-82-48-26-36-21-23-69(33-39(36)27-49(48)83-2,22-20-34-12-15-40(16-13-34)65-60(79)41-28-50(84-3)51(85-4)29-43(41)68-59(78)38-25-37-8-5-6-9-42(37)64-31-38)32-35-14-17-47(86-62-57(77)55(75)56(76)58(87-62)61(80)81)44(24-35)66-52(71)11-7-10-46(70)45(30-63)67-53(72)18-19-54(73)74/h5-6,8-9,12-17,24-29,31,45,55-58,62,75-77H,7,10-11,18-23,30,32-33,63H2,1-4H3,(H5-,65,66,67,68,71,72,73,74,78,79,80,81)/p+1/t45-,55-,56-,57+,58-,62?,69?/m0/s1. The number of hydrogen-bond acceptors (Lipinski definition) is 18. The fourth-order valence-electron chi connectivity index (χ4n) is 10.5. The number of carboxylic acids is 2. The molecule has 6 aromatic rings. The highest BCUT2D eigenvalue weighted by Gasteiger charge is 2.48. The number of aliphatic hydroxyl groups is 3. The van der Waals surface area contributed by atoms with Crippen LogP contribution in [-0.2, 0) is 54.6 Å². The first kappa shape index (κ1) is 63.8. The lowest BCUT2D eigenvalue weighted by atomic mass is 9.94. The number of nitrogens with two attached hydrogens (primary N) is 1. The van der Waals surface area contributed by atoms with Crippen LogP contribution in [0.5, 0.6) is 28.7 Å². The van der Waals surface area contributed by atoms with E-state index in [1.807, 2.05) is 48.5 Å². The highest BCUT2D eigenvalue weighted by molar-refractivity contribution is 6.13. The number of Topliss-reactive ketones (excluding diaryl/α,β-unsaturated/α-hetero) is 1. The molecule has 1 fully saturated rings. The van der Waals surface area contributed by atoms with Gasteiger partial charge in [0.15, 0.2) is 34.9 Å². The summed E-state index contributed by atoms with van der Waals surface area (Å²) in [6, 6.07) is 27.1. The van der Waals surface area contributed by atoms with Gasteiger partial charge in [-0.25, -0.2) is 4.79 Å². The van der Waals surface area contributed by atoms with E-state index in [-0.39, 0.29) is 72.0 Å². The van der Waals surface area contributed by atoms with Crippen LogP contribution in [0.15, 0.2) is 103 Å². The zero-order valence-corrected chi connectivity index (χ0v) is 48.3. The van der Waals surface area contributed by atoms with E-state index in [1.54, 1.807) is 44.6 Å². The zero-order chi connectivity index (χ0) is 62.5. The van der Waals surface area contributed by atoms with Gasteiger partial charge in [0.1, 0.15) is 37.2 Å². The van der Waals surface area contributed by atoms with Gasteiger partial charge in [0, 0.05) is 73.1 Å². The average molecular weight is 1200 g/mol. The van der Waals surface area contributed by atoms with E-state index in [0.717, 1.165) is 22.1 Å². The van der Waals surface area contributed by atoms with Crippen molar-refractivity contribution in [2.24, 2.45) is 5.73 Å². The minimum absolute atomic E-state index is 0.00190. The van der Waals surface area contributed by atoms with E-state index in [2.05, 4.69) is 26.3 Å². The van der Waals surface area contributed by atoms with E-state index < -0.39 is 84.5 Å². The van der Waals surface area contributed by atoms with Crippen molar-refractivity contribution in [3.8, 4) is 28.7 Å². The summed E-state index contributed by atoms with van der Waals surface area (Å²) in [7, 11) is 6.00. The Morgan fingerprint density at radius 2 is 1.36 bits per heavy atom. The summed E-state index contributed by atoms with van der Waals surface area (Å²) in [6.07, 6.45) is -8.31. The number of benzene rings is 5. The Balaban J connectivity index is 1.03. The Morgan fingerprint density at radius 3 is 2.05 bits per heavy atom. The van der Waals surface area contributed by atoms with Crippen molar-refractivity contribution in [2.45, 2.75) is 94.8 Å². The molecule has 0 spiro atoms. The SMILES string of the molecule is COc1cc2c(cc1OC)C[N+](CCc1ccc(NC(=O)c3cc(OC)c(OC)cc3NC(=O)c3cnc4ccccc4c3)cc1)(Cc1ccc(OC3O[C@H](C(=O)O)[C@@H](O)[C@H](O)[C@H]3O)c(NC(=O)CCCC(=O)[C@H](CN)NC(=O)CCC(=O)O)c1)CC2. The average Bonchev–Trinajstić information content (AvgIpc) is 1.84. The van der Waals surface area contributed by atoms with Gasteiger partial charge in [-0.3, -0.25) is 33.8 Å². The van der Waals surface area contributed by atoms with Crippen LogP contribution in [0.2, 0.25) is 0 Å². The summed E-state index contributed by atoms with van der Waals surface area (Å²) in [4.78, 5) is 94.3. The minimum Gasteiger partial charge on any atom is -0.493 e. The number of amides is 4. The Bertz CT molecular complexity index is 3530. The molecule has 2 aliphatic rings. The number of anilines is 3. The van der Waals surface area contributed by atoms with E-state index in [9.17, 15) is 54.0 Å². The van der Waals surface area contributed by atoms with Crippen LogP contribution >= 0.6 is 0 Å². The summed E-state index contributed by atoms with van der Waals surface area (Å²) < 4.78 is 34.3. The lowest BCUT2D eigenvalue weighted by Crippen LogP contribution is -2.61. The van der Waals surface area contributed by atoms with E-state index in [4.69, 9.17) is 39.3 Å². The number of ether oxygens (including phenoxy) is 6. The third-order valence-electron chi connectivity index (χ3n) is 15.3. The van der Waals surface area contributed by atoms with Crippen molar-refractivity contribution in [1.82, 2.24) is 10.3 Å². The summed E-state index contributed by atoms with van der Waals surface area (Å²) in [5.41, 5.74) is 11.2. The van der Waals surface area contributed by atoms with E-state index in [1.165, 1.54) is 38.6 Å². The normalized spacial score (nSPS) is 19.1. The topological polar surface area (TPSA) is 363 Å². The number of pyridine rings is 1. The molecule has 11 N–H and O–H groups in total. The second-order valence-corrected chi connectivity index (χ2v) is 21.2. The van der Waals surface area contributed by atoms with Gasteiger partial charge < -0.3 is 85.4 Å². The Hall–Kier alpha value is -9.24. The highest BCUT2D eigenvalue weighted by atomic mass is 16.7. The molecule has 4 amide bonds. The van der Waals surface area contributed by atoms with Gasteiger partial charge in [-0.05, 0) is 78.2 Å². The fraction of sp³-hybridized carbons (Fsp3) is 0.355. The molecular formula is C62H70N7O18+. The van der Waals surface area contributed by atoms with Crippen LogP contribution in [0.1, 0.15) is 75.1 Å². The number of nitrogens with zero attached hydrogens (tertiary/aromatic N) is 2. The molecule has 0 bridgehead atoms. The van der Waals surface area contributed by atoms with Crippen molar-refractivity contribution in [3.63, 3.8) is 0 Å². The van der Waals surface area contributed by atoms with Crippen molar-refractivity contribution >= 4 is 69.3 Å². The van der Waals surface area contributed by atoms with Crippen LogP contribution in [0.4, 0.5) is 17.1 Å². The van der Waals surface area contributed by atoms with Gasteiger partial charge in [0.2, 0.25) is 18.1 Å². The molecular weight excluding hydrogens is 1130 g/mol. The van der Waals surface area contributed by atoms with Crippen LogP contribution in [-0.4, -0.2) is 161 Å². The fourth-order valence-corrected chi connectivity index (χ4v) is 10.5. The van der Waals surface area contributed by atoms with Crippen molar-refractivity contribution in [1.29, 1.82) is 0 Å². The monoisotopic (exact) mass is 1200 g/mol. The third-order valence-corrected chi connectivity index (χ3v) is 15.3. The summed E-state index contributed by atoms with van der Waals surface area (Å²) in [5, 5.41) is 62.4. The number of quaternary nitrogens is 1. The molecule has 0 saturated carbocycles. The first-order valence-electron chi connectivity index (χ1n) is 27.9. The second-order valence-electron chi connectivity index (χ2n) is 21.2. The van der Waals surface area contributed by atoms with Gasteiger partial charge in [-0.2, -0.15) is 0 Å². The number of carboxylic acid groups (broad SMARTS) is 2. The van der Waals surface area contributed by atoms with Crippen LogP contribution < -0.4 is 50.7 Å². The van der Waals surface area contributed by atoms with Crippen molar-refractivity contribution in [3.05, 3.63) is 137 Å². The molecule has 5 aromatic carbocycles. The number of fused-ring (bicyclic) bond motifs is 2. The Kier molecular flexibility index (Phi) is 21.1. The molecule has 1 saturated heterocycles. The number of rotatable bonds is 27. The van der Waals surface area contributed by atoms with Crippen molar-refractivity contribution < 1.29 is 92.0 Å². The number of aliphatic hydroxyl groups excluding tert-OH is 3. The maximum atomic E-state index is 14.1. The lowest BCUT2D eigenvalue weighted by Gasteiger charge is -2.43. The van der Waals surface area contributed by atoms with Crippen LogP contribution in [0, 0.1) is 0 Å². The first-order chi connectivity index (χ1) is 41.7. The quantitative estimate of drug-likeness (QED) is 0.0321. The molecule has 7 atom stereocenters. The lowest BCUT2D eigenvalue weighted by molar-refractivity contribution is -0.955.